The maximum absolute atomic E-state index is 11.1. The van der Waals surface area contributed by atoms with Gasteiger partial charge >= 0.3 is 0 Å². The quantitative estimate of drug-likeness (QED) is 0.513. The van der Waals surface area contributed by atoms with Gasteiger partial charge in [0.25, 0.3) is 0 Å². The Balaban J connectivity index is 2.44. The molecule has 12 heavy (non-hydrogen) atoms. The van der Waals surface area contributed by atoms with Crippen molar-refractivity contribution >= 4 is 5.91 Å². The number of amides is 1. The molecule has 0 aromatic carbocycles. The van der Waals surface area contributed by atoms with Crippen molar-refractivity contribution in [2.75, 3.05) is 13.1 Å². The average molecular weight is 172 g/mol. The minimum atomic E-state index is -0.914. The molecule has 1 rings (SSSR count). The Morgan fingerprint density at radius 2 is 2.42 bits per heavy atom. The van der Waals surface area contributed by atoms with Crippen LogP contribution in [-0.2, 0) is 4.79 Å². The van der Waals surface area contributed by atoms with Gasteiger partial charge in [0.1, 0.15) is 6.10 Å². The standard InChI is InChI=1S/C8H16N2O2/c1-6(11)7(12)10-8(2)3-4-9-5-8/h6,9,11H,3-5H2,1-2H3,(H,10,12)/t6-,8?/m0/s1. The van der Waals surface area contributed by atoms with E-state index in [0.717, 1.165) is 19.5 Å². The Morgan fingerprint density at radius 3 is 2.83 bits per heavy atom. The maximum Gasteiger partial charge on any atom is 0.249 e. The van der Waals surface area contributed by atoms with Crippen molar-refractivity contribution in [3.63, 3.8) is 0 Å². The number of aliphatic hydroxyl groups excluding tert-OH is 1. The van der Waals surface area contributed by atoms with E-state index in [0.29, 0.717) is 0 Å². The SMILES string of the molecule is C[C@H](O)C(=O)NC1(C)CCNC1. The van der Waals surface area contributed by atoms with Gasteiger partial charge in [0.15, 0.2) is 0 Å². The molecule has 1 unspecified atom stereocenters. The summed E-state index contributed by atoms with van der Waals surface area (Å²) in [7, 11) is 0. The van der Waals surface area contributed by atoms with E-state index < -0.39 is 6.10 Å². The van der Waals surface area contributed by atoms with Crippen molar-refractivity contribution in [1.82, 2.24) is 10.6 Å². The van der Waals surface area contributed by atoms with Gasteiger partial charge in [0.05, 0.1) is 5.54 Å². The zero-order valence-corrected chi connectivity index (χ0v) is 7.55. The number of aliphatic hydroxyl groups is 1. The summed E-state index contributed by atoms with van der Waals surface area (Å²) in [6.45, 7) is 5.16. The highest BCUT2D eigenvalue weighted by Gasteiger charge is 2.30. The zero-order valence-electron chi connectivity index (χ0n) is 7.55. The lowest BCUT2D eigenvalue weighted by Gasteiger charge is -2.25. The predicted octanol–water partition coefficient (Wildman–Crippen LogP) is -0.765. The molecule has 0 bridgehead atoms. The number of nitrogens with one attached hydrogen (secondary N) is 2. The lowest BCUT2D eigenvalue weighted by atomic mass is 10.0. The van der Waals surface area contributed by atoms with Crippen LogP contribution in [-0.4, -0.2) is 35.7 Å². The summed E-state index contributed by atoms with van der Waals surface area (Å²) >= 11 is 0. The van der Waals surface area contributed by atoms with Gasteiger partial charge < -0.3 is 15.7 Å². The fourth-order valence-corrected chi connectivity index (χ4v) is 1.33. The van der Waals surface area contributed by atoms with E-state index in [4.69, 9.17) is 5.11 Å². The highest BCUT2D eigenvalue weighted by atomic mass is 16.3. The van der Waals surface area contributed by atoms with E-state index in [-0.39, 0.29) is 11.4 Å². The van der Waals surface area contributed by atoms with Crippen LogP contribution in [0.2, 0.25) is 0 Å². The first-order valence-electron chi connectivity index (χ1n) is 4.24. The fraction of sp³-hybridized carbons (Fsp3) is 0.875. The number of rotatable bonds is 2. The molecule has 0 aromatic heterocycles. The van der Waals surface area contributed by atoms with Crippen molar-refractivity contribution in [3.8, 4) is 0 Å². The fourth-order valence-electron chi connectivity index (χ4n) is 1.33. The van der Waals surface area contributed by atoms with Crippen molar-refractivity contribution in [1.29, 1.82) is 0 Å². The first kappa shape index (κ1) is 9.48. The zero-order chi connectivity index (χ0) is 9.19. The molecule has 1 amide bonds. The van der Waals surface area contributed by atoms with Gasteiger partial charge in [-0.2, -0.15) is 0 Å². The third-order valence-electron chi connectivity index (χ3n) is 2.17. The predicted molar refractivity (Wildman–Crippen MR) is 45.7 cm³/mol. The summed E-state index contributed by atoms with van der Waals surface area (Å²) < 4.78 is 0. The highest BCUT2D eigenvalue weighted by Crippen LogP contribution is 2.12. The molecule has 2 atom stereocenters. The van der Waals surface area contributed by atoms with Gasteiger partial charge in [-0.25, -0.2) is 0 Å². The third-order valence-corrected chi connectivity index (χ3v) is 2.17. The largest absolute Gasteiger partial charge is 0.384 e. The average Bonchev–Trinajstić information content (AvgIpc) is 2.35. The molecule has 0 aromatic rings. The second kappa shape index (κ2) is 3.41. The maximum atomic E-state index is 11.1. The lowest BCUT2D eigenvalue weighted by Crippen LogP contribution is -2.50. The first-order valence-corrected chi connectivity index (χ1v) is 4.24. The summed E-state index contributed by atoms with van der Waals surface area (Å²) in [5.41, 5.74) is -0.173. The Morgan fingerprint density at radius 1 is 1.75 bits per heavy atom. The summed E-state index contributed by atoms with van der Waals surface area (Å²) in [6, 6.07) is 0. The van der Waals surface area contributed by atoms with Crippen LogP contribution in [0.15, 0.2) is 0 Å². The molecule has 70 valence electrons. The van der Waals surface area contributed by atoms with Gasteiger partial charge in [-0.3, -0.25) is 4.79 Å². The van der Waals surface area contributed by atoms with Crippen LogP contribution in [0, 0.1) is 0 Å². The van der Waals surface area contributed by atoms with Gasteiger partial charge in [-0.15, -0.1) is 0 Å². The van der Waals surface area contributed by atoms with Crippen LogP contribution in [0.1, 0.15) is 20.3 Å². The van der Waals surface area contributed by atoms with E-state index in [2.05, 4.69) is 10.6 Å². The highest BCUT2D eigenvalue weighted by molar-refractivity contribution is 5.80. The van der Waals surface area contributed by atoms with Crippen LogP contribution in [0.4, 0.5) is 0 Å². The number of carbonyl (C=O) groups excluding carboxylic acids is 1. The molecule has 1 saturated heterocycles. The van der Waals surface area contributed by atoms with E-state index in [1.54, 1.807) is 0 Å². The lowest BCUT2D eigenvalue weighted by molar-refractivity contribution is -0.130. The summed E-state index contributed by atoms with van der Waals surface area (Å²) in [6.07, 6.45) is 0.00766. The molecule has 4 heteroatoms. The first-order chi connectivity index (χ1) is 5.53. The number of hydrogen-bond donors (Lipinski definition) is 3. The van der Waals surface area contributed by atoms with Crippen molar-refractivity contribution in [2.45, 2.75) is 31.9 Å². The molecule has 0 aliphatic carbocycles. The Labute approximate surface area is 72.3 Å². The summed E-state index contributed by atoms with van der Waals surface area (Å²) in [5, 5.41) is 14.9. The van der Waals surface area contributed by atoms with Gasteiger partial charge in [0.2, 0.25) is 5.91 Å². The van der Waals surface area contributed by atoms with Crippen LogP contribution in [0.5, 0.6) is 0 Å². The molecule has 1 heterocycles. The molecule has 1 aliphatic rings. The van der Waals surface area contributed by atoms with E-state index in [9.17, 15) is 4.79 Å². The summed E-state index contributed by atoms with van der Waals surface area (Å²) in [5.74, 6) is -0.291. The molecular formula is C8H16N2O2. The number of carbonyl (C=O) groups is 1. The van der Waals surface area contributed by atoms with Crippen LogP contribution in [0.25, 0.3) is 0 Å². The number of hydrogen-bond acceptors (Lipinski definition) is 3. The van der Waals surface area contributed by atoms with Crippen molar-refractivity contribution in [3.05, 3.63) is 0 Å². The van der Waals surface area contributed by atoms with Crippen LogP contribution in [0.3, 0.4) is 0 Å². The van der Waals surface area contributed by atoms with Crippen molar-refractivity contribution < 1.29 is 9.90 Å². The van der Waals surface area contributed by atoms with Gasteiger partial charge in [0, 0.05) is 6.54 Å². The second-order valence-electron chi connectivity index (χ2n) is 3.65. The molecule has 0 spiro atoms. The van der Waals surface area contributed by atoms with E-state index >= 15 is 0 Å². The molecule has 1 fully saturated rings. The monoisotopic (exact) mass is 172 g/mol. The normalized spacial score (nSPS) is 31.6. The topological polar surface area (TPSA) is 61.4 Å². The second-order valence-corrected chi connectivity index (χ2v) is 3.65. The molecule has 1 aliphatic heterocycles. The minimum Gasteiger partial charge on any atom is -0.384 e. The molecule has 4 nitrogen and oxygen atoms in total. The Kier molecular flexibility index (Phi) is 2.69. The summed E-state index contributed by atoms with van der Waals surface area (Å²) in [4.78, 5) is 11.1. The third kappa shape index (κ3) is 2.19. The van der Waals surface area contributed by atoms with Crippen LogP contribution < -0.4 is 10.6 Å². The molecule has 0 radical (unpaired) electrons. The minimum absolute atomic E-state index is 0.173. The van der Waals surface area contributed by atoms with Gasteiger partial charge in [-0.1, -0.05) is 0 Å². The Bertz CT molecular complexity index is 174. The van der Waals surface area contributed by atoms with E-state index in [1.807, 2.05) is 6.92 Å². The molecular weight excluding hydrogens is 156 g/mol. The van der Waals surface area contributed by atoms with Crippen molar-refractivity contribution in [2.24, 2.45) is 0 Å². The van der Waals surface area contributed by atoms with Crippen LogP contribution >= 0.6 is 0 Å². The smallest absolute Gasteiger partial charge is 0.249 e. The molecule has 0 saturated carbocycles. The van der Waals surface area contributed by atoms with Gasteiger partial charge in [-0.05, 0) is 26.8 Å². The Hall–Kier alpha value is -0.610. The van der Waals surface area contributed by atoms with E-state index in [1.165, 1.54) is 6.92 Å². The molecule has 3 N–H and O–H groups in total.